The van der Waals surface area contributed by atoms with E-state index in [1.54, 1.807) is 0 Å². The summed E-state index contributed by atoms with van der Waals surface area (Å²) < 4.78 is 5.31. The van der Waals surface area contributed by atoms with Crippen molar-refractivity contribution in [2.24, 2.45) is 0 Å². The van der Waals surface area contributed by atoms with Gasteiger partial charge in [-0.25, -0.2) is 4.98 Å². The van der Waals surface area contributed by atoms with Crippen molar-refractivity contribution in [3.63, 3.8) is 0 Å². The molecule has 0 aromatic carbocycles. The Labute approximate surface area is 101 Å². The van der Waals surface area contributed by atoms with Gasteiger partial charge < -0.3 is 10.1 Å². The average Bonchev–Trinajstić information content (AvgIpc) is 2.33. The Kier molecular flexibility index (Phi) is 4.34. The second-order valence-corrected chi connectivity index (χ2v) is 5.03. The normalized spacial score (nSPS) is 20.4. The third-order valence-corrected chi connectivity index (χ3v) is 3.78. The zero-order chi connectivity index (χ0) is 11.2. The molecule has 1 unspecified atom stereocenters. The fourth-order valence-corrected chi connectivity index (χ4v) is 2.86. The smallest absolute Gasteiger partial charge is 0.213 e. The van der Waals surface area contributed by atoms with Gasteiger partial charge in [-0.15, -0.1) is 0 Å². The molecule has 0 radical (unpaired) electrons. The monoisotopic (exact) mass is 238 g/mol. The van der Waals surface area contributed by atoms with Gasteiger partial charge in [-0.2, -0.15) is 11.8 Å². The molecular formula is C12H18N2OS. The first-order valence-electron chi connectivity index (χ1n) is 5.81. The van der Waals surface area contributed by atoms with Crippen LogP contribution >= 0.6 is 11.8 Å². The van der Waals surface area contributed by atoms with Crippen LogP contribution in [0.3, 0.4) is 0 Å². The van der Waals surface area contributed by atoms with Crippen LogP contribution < -0.4 is 10.1 Å². The highest BCUT2D eigenvalue weighted by Gasteiger charge is 2.13. The second-order valence-electron chi connectivity index (χ2n) is 3.88. The van der Waals surface area contributed by atoms with Crippen LogP contribution in [0.25, 0.3) is 0 Å². The van der Waals surface area contributed by atoms with Crippen LogP contribution in [0.15, 0.2) is 18.3 Å². The number of thioether (sulfide) groups is 1. The number of hydrogen-bond acceptors (Lipinski definition) is 4. The van der Waals surface area contributed by atoms with Crippen LogP contribution in [0.4, 0.5) is 5.69 Å². The van der Waals surface area contributed by atoms with Crippen molar-refractivity contribution in [1.29, 1.82) is 0 Å². The topological polar surface area (TPSA) is 34.1 Å². The number of nitrogens with one attached hydrogen (secondary N) is 1. The summed E-state index contributed by atoms with van der Waals surface area (Å²) in [5, 5.41) is 3.51. The highest BCUT2D eigenvalue weighted by molar-refractivity contribution is 7.99. The second kappa shape index (κ2) is 5.99. The zero-order valence-electron chi connectivity index (χ0n) is 9.61. The summed E-state index contributed by atoms with van der Waals surface area (Å²) >= 11 is 2.03. The molecule has 1 atom stereocenters. The Bertz CT molecular complexity index is 309. The maximum Gasteiger partial charge on any atom is 0.213 e. The Balaban J connectivity index is 1.88. The summed E-state index contributed by atoms with van der Waals surface area (Å²) in [6.07, 6.45) is 4.43. The van der Waals surface area contributed by atoms with E-state index >= 15 is 0 Å². The van der Waals surface area contributed by atoms with Crippen LogP contribution in [-0.4, -0.2) is 29.1 Å². The van der Waals surface area contributed by atoms with E-state index in [1.807, 2.05) is 37.0 Å². The van der Waals surface area contributed by atoms with E-state index < -0.39 is 0 Å². The van der Waals surface area contributed by atoms with Crippen molar-refractivity contribution in [3.05, 3.63) is 18.3 Å². The minimum atomic E-state index is 0.596. The quantitative estimate of drug-likeness (QED) is 0.874. The van der Waals surface area contributed by atoms with E-state index in [0.29, 0.717) is 18.5 Å². The SMILES string of the molecule is CCOc1ccc(NC2CCCSC2)cn1. The Morgan fingerprint density at radius 3 is 3.12 bits per heavy atom. The molecule has 88 valence electrons. The van der Waals surface area contributed by atoms with Gasteiger partial charge in [0.2, 0.25) is 5.88 Å². The molecule has 1 aliphatic rings. The molecule has 1 fully saturated rings. The number of anilines is 1. The highest BCUT2D eigenvalue weighted by atomic mass is 32.2. The molecule has 0 spiro atoms. The molecular weight excluding hydrogens is 220 g/mol. The first-order chi connectivity index (χ1) is 7.88. The number of rotatable bonds is 4. The molecule has 0 amide bonds. The zero-order valence-corrected chi connectivity index (χ0v) is 10.4. The largest absolute Gasteiger partial charge is 0.478 e. The summed E-state index contributed by atoms with van der Waals surface area (Å²) in [6.45, 7) is 2.63. The average molecular weight is 238 g/mol. The van der Waals surface area contributed by atoms with Crippen molar-refractivity contribution < 1.29 is 4.74 Å². The summed E-state index contributed by atoms with van der Waals surface area (Å²) in [5.74, 6) is 3.21. The molecule has 16 heavy (non-hydrogen) atoms. The van der Waals surface area contributed by atoms with E-state index in [4.69, 9.17) is 4.74 Å². The maximum atomic E-state index is 5.31. The summed E-state index contributed by atoms with van der Waals surface area (Å²) in [5.41, 5.74) is 1.09. The van der Waals surface area contributed by atoms with Gasteiger partial charge in [-0.3, -0.25) is 0 Å². The van der Waals surface area contributed by atoms with Gasteiger partial charge in [0.25, 0.3) is 0 Å². The molecule has 2 rings (SSSR count). The maximum absolute atomic E-state index is 5.31. The number of ether oxygens (including phenoxy) is 1. The molecule has 3 nitrogen and oxygen atoms in total. The predicted molar refractivity (Wildman–Crippen MR) is 69.4 cm³/mol. The molecule has 4 heteroatoms. The molecule has 0 aliphatic carbocycles. The van der Waals surface area contributed by atoms with Crippen LogP contribution in [0.1, 0.15) is 19.8 Å². The predicted octanol–water partition coefficient (Wildman–Crippen LogP) is 2.79. The van der Waals surface area contributed by atoms with Crippen molar-refractivity contribution in [1.82, 2.24) is 4.98 Å². The number of aromatic nitrogens is 1. The van der Waals surface area contributed by atoms with Crippen molar-refractivity contribution in [3.8, 4) is 5.88 Å². The number of nitrogens with zero attached hydrogens (tertiary/aromatic N) is 1. The minimum Gasteiger partial charge on any atom is -0.478 e. The molecule has 0 saturated carbocycles. The van der Waals surface area contributed by atoms with Crippen LogP contribution in [0, 0.1) is 0 Å². The van der Waals surface area contributed by atoms with Crippen LogP contribution in [0.2, 0.25) is 0 Å². The number of hydrogen-bond donors (Lipinski definition) is 1. The lowest BCUT2D eigenvalue weighted by Gasteiger charge is -2.23. The summed E-state index contributed by atoms with van der Waals surface area (Å²) in [4.78, 5) is 4.24. The summed E-state index contributed by atoms with van der Waals surface area (Å²) in [6, 6.07) is 4.55. The minimum absolute atomic E-state index is 0.596. The lowest BCUT2D eigenvalue weighted by Crippen LogP contribution is -2.25. The number of pyridine rings is 1. The fraction of sp³-hybridized carbons (Fsp3) is 0.583. The van der Waals surface area contributed by atoms with E-state index in [9.17, 15) is 0 Å². The Hall–Kier alpha value is -0.900. The van der Waals surface area contributed by atoms with Crippen molar-refractivity contribution in [2.75, 3.05) is 23.4 Å². The molecule has 1 aliphatic heterocycles. The first-order valence-corrected chi connectivity index (χ1v) is 6.97. The fourth-order valence-electron chi connectivity index (χ4n) is 1.79. The first kappa shape index (κ1) is 11.6. The third-order valence-electron chi connectivity index (χ3n) is 2.56. The molecule has 2 heterocycles. The third kappa shape index (κ3) is 3.30. The molecule has 1 N–H and O–H groups in total. The van der Waals surface area contributed by atoms with E-state index in [-0.39, 0.29) is 0 Å². The van der Waals surface area contributed by atoms with Crippen molar-refractivity contribution >= 4 is 17.4 Å². The van der Waals surface area contributed by atoms with Gasteiger partial charge in [0, 0.05) is 17.9 Å². The molecule has 1 aromatic heterocycles. The Morgan fingerprint density at radius 1 is 1.56 bits per heavy atom. The van der Waals surface area contributed by atoms with Gasteiger partial charge in [-0.05, 0) is 31.6 Å². The van der Waals surface area contributed by atoms with E-state index in [0.717, 1.165) is 5.69 Å². The van der Waals surface area contributed by atoms with Gasteiger partial charge in [0.15, 0.2) is 0 Å². The van der Waals surface area contributed by atoms with E-state index in [1.165, 1.54) is 24.3 Å². The van der Waals surface area contributed by atoms with Crippen LogP contribution in [0.5, 0.6) is 5.88 Å². The molecule has 1 saturated heterocycles. The van der Waals surface area contributed by atoms with E-state index in [2.05, 4.69) is 10.3 Å². The summed E-state index contributed by atoms with van der Waals surface area (Å²) in [7, 11) is 0. The van der Waals surface area contributed by atoms with Crippen molar-refractivity contribution in [2.45, 2.75) is 25.8 Å². The van der Waals surface area contributed by atoms with Crippen LogP contribution in [-0.2, 0) is 0 Å². The van der Waals surface area contributed by atoms with Gasteiger partial charge in [-0.1, -0.05) is 0 Å². The standard InChI is InChI=1S/C12H18N2OS/c1-2-15-12-6-5-10(8-13-12)14-11-4-3-7-16-9-11/h5-6,8,11,14H,2-4,7,9H2,1H3. The van der Waals surface area contributed by atoms with Gasteiger partial charge in [0.05, 0.1) is 18.5 Å². The van der Waals surface area contributed by atoms with Gasteiger partial charge in [0.1, 0.15) is 0 Å². The Morgan fingerprint density at radius 2 is 2.50 bits per heavy atom. The lowest BCUT2D eigenvalue weighted by molar-refractivity contribution is 0.327. The molecule has 1 aromatic rings. The molecule has 0 bridgehead atoms. The highest BCUT2D eigenvalue weighted by Crippen LogP contribution is 2.21. The lowest BCUT2D eigenvalue weighted by atomic mass is 10.2. The van der Waals surface area contributed by atoms with Gasteiger partial charge >= 0.3 is 0 Å².